The van der Waals surface area contributed by atoms with Gasteiger partial charge in [0.1, 0.15) is 11.5 Å². The third-order valence-corrected chi connectivity index (χ3v) is 5.30. The Morgan fingerprint density at radius 3 is 2.73 bits per heavy atom. The van der Waals surface area contributed by atoms with E-state index >= 15 is 0 Å². The Labute approximate surface area is 184 Å². The molecule has 0 saturated carbocycles. The van der Waals surface area contributed by atoms with Gasteiger partial charge in [0.2, 0.25) is 0 Å². The van der Waals surface area contributed by atoms with E-state index in [1.54, 1.807) is 23.6 Å². The number of furan rings is 1. The molecule has 1 aromatic carbocycles. The zero-order chi connectivity index (χ0) is 22.5. The SMILES string of the molecule is CCOC(=O)c1nnc2c3c(-c4ccco4)c4c(=O)[nH]nc4nc3[nH]n2c1-c1ccccc1. The summed E-state index contributed by atoms with van der Waals surface area (Å²) in [6.07, 6.45) is 1.51. The smallest absolute Gasteiger partial charge is 0.361 e. The van der Waals surface area contributed by atoms with Gasteiger partial charge in [-0.3, -0.25) is 9.89 Å². The summed E-state index contributed by atoms with van der Waals surface area (Å²) in [5.74, 6) is -0.155. The lowest BCUT2D eigenvalue weighted by molar-refractivity contribution is 0.0518. The number of aromatic nitrogens is 7. The summed E-state index contributed by atoms with van der Waals surface area (Å²) >= 11 is 0. The van der Waals surface area contributed by atoms with Crippen LogP contribution in [0, 0.1) is 0 Å². The quantitative estimate of drug-likeness (QED) is 0.397. The van der Waals surface area contributed by atoms with Crippen LogP contribution < -0.4 is 5.56 Å². The largest absolute Gasteiger partial charge is 0.464 e. The van der Waals surface area contributed by atoms with Gasteiger partial charge in [0.15, 0.2) is 22.6 Å². The van der Waals surface area contributed by atoms with E-state index in [-0.39, 0.29) is 23.3 Å². The molecule has 5 aromatic heterocycles. The van der Waals surface area contributed by atoms with Crippen LogP contribution in [0.2, 0.25) is 0 Å². The van der Waals surface area contributed by atoms with Gasteiger partial charge in [0.05, 0.1) is 23.6 Å². The highest BCUT2D eigenvalue weighted by atomic mass is 16.5. The van der Waals surface area contributed by atoms with Gasteiger partial charge >= 0.3 is 5.97 Å². The molecule has 11 heteroatoms. The molecular weight excluding hydrogens is 426 g/mol. The normalized spacial score (nSPS) is 11.5. The van der Waals surface area contributed by atoms with E-state index in [0.29, 0.717) is 39.3 Å². The highest BCUT2D eigenvalue weighted by Crippen LogP contribution is 2.36. The van der Waals surface area contributed by atoms with E-state index < -0.39 is 11.5 Å². The molecule has 0 spiro atoms. The summed E-state index contributed by atoms with van der Waals surface area (Å²) < 4.78 is 12.5. The Bertz CT molecular complexity index is 1710. The van der Waals surface area contributed by atoms with E-state index in [9.17, 15) is 9.59 Å². The number of rotatable bonds is 4. The zero-order valence-corrected chi connectivity index (χ0v) is 17.2. The average Bonchev–Trinajstić information content (AvgIpc) is 3.57. The van der Waals surface area contributed by atoms with Crippen molar-refractivity contribution >= 4 is 33.7 Å². The minimum atomic E-state index is -0.604. The third kappa shape index (κ3) is 2.75. The average molecular weight is 441 g/mol. The number of fused-ring (bicyclic) bond motifs is 4. The fourth-order valence-electron chi connectivity index (χ4n) is 3.97. The van der Waals surface area contributed by atoms with E-state index in [1.807, 2.05) is 30.3 Å². The first kappa shape index (κ1) is 18.9. The lowest BCUT2D eigenvalue weighted by atomic mass is 10.1. The van der Waals surface area contributed by atoms with Gasteiger partial charge in [-0.1, -0.05) is 30.3 Å². The number of aromatic amines is 2. The zero-order valence-electron chi connectivity index (χ0n) is 17.2. The van der Waals surface area contributed by atoms with Crippen molar-refractivity contribution in [1.82, 2.24) is 35.0 Å². The summed E-state index contributed by atoms with van der Waals surface area (Å²) in [7, 11) is 0. The molecule has 0 atom stereocenters. The summed E-state index contributed by atoms with van der Waals surface area (Å²) in [6.45, 7) is 1.91. The molecule has 162 valence electrons. The summed E-state index contributed by atoms with van der Waals surface area (Å²) in [5.41, 5.74) is 2.27. The second-order valence-corrected chi connectivity index (χ2v) is 7.19. The van der Waals surface area contributed by atoms with Crippen molar-refractivity contribution in [3.63, 3.8) is 0 Å². The van der Waals surface area contributed by atoms with Gasteiger partial charge in [-0.15, -0.1) is 10.2 Å². The number of H-pyrrole nitrogens is 2. The molecule has 0 unspecified atom stereocenters. The van der Waals surface area contributed by atoms with Crippen molar-refractivity contribution in [3.05, 3.63) is 64.8 Å². The van der Waals surface area contributed by atoms with Crippen molar-refractivity contribution in [2.24, 2.45) is 0 Å². The fraction of sp³-hybridized carbons (Fsp3) is 0.0909. The van der Waals surface area contributed by atoms with Crippen molar-refractivity contribution in [1.29, 1.82) is 0 Å². The number of carbonyl (C=O) groups excluding carboxylic acids is 1. The molecule has 0 aliphatic carbocycles. The van der Waals surface area contributed by atoms with Crippen LogP contribution in [0.3, 0.4) is 0 Å². The maximum atomic E-state index is 12.7. The molecule has 0 aliphatic rings. The molecule has 0 amide bonds. The maximum Gasteiger partial charge on any atom is 0.361 e. The van der Waals surface area contributed by atoms with E-state index in [1.165, 1.54) is 6.26 Å². The number of esters is 1. The Morgan fingerprint density at radius 2 is 1.97 bits per heavy atom. The molecule has 11 nitrogen and oxygen atoms in total. The van der Waals surface area contributed by atoms with Crippen LogP contribution in [-0.4, -0.2) is 47.6 Å². The van der Waals surface area contributed by atoms with Crippen molar-refractivity contribution in [3.8, 4) is 22.6 Å². The van der Waals surface area contributed by atoms with Gasteiger partial charge in [0, 0.05) is 11.1 Å². The van der Waals surface area contributed by atoms with Crippen LogP contribution in [0.1, 0.15) is 17.4 Å². The number of ether oxygens (including phenoxy) is 1. The summed E-state index contributed by atoms with van der Waals surface area (Å²) in [5, 5.41) is 19.0. The molecule has 2 N–H and O–H groups in total. The minimum Gasteiger partial charge on any atom is -0.464 e. The molecule has 6 aromatic rings. The lowest BCUT2D eigenvalue weighted by Crippen LogP contribution is -2.14. The third-order valence-electron chi connectivity index (χ3n) is 5.30. The monoisotopic (exact) mass is 441 g/mol. The predicted molar refractivity (Wildman–Crippen MR) is 118 cm³/mol. The molecule has 0 fully saturated rings. The van der Waals surface area contributed by atoms with Gasteiger partial charge in [0.25, 0.3) is 5.56 Å². The first-order chi connectivity index (χ1) is 16.2. The molecule has 33 heavy (non-hydrogen) atoms. The number of benzene rings is 1. The van der Waals surface area contributed by atoms with E-state index in [4.69, 9.17) is 9.15 Å². The van der Waals surface area contributed by atoms with E-state index in [0.717, 1.165) is 0 Å². The van der Waals surface area contributed by atoms with Gasteiger partial charge in [-0.05, 0) is 19.1 Å². The van der Waals surface area contributed by atoms with Crippen LogP contribution >= 0.6 is 0 Å². The molecule has 0 bridgehead atoms. The van der Waals surface area contributed by atoms with Crippen molar-refractivity contribution < 1.29 is 13.9 Å². The topological polar surface area (TPSA) is 144 Å². The predicted octanol–water partition coefficient (Wildman–Crippen LogP) is 2.95. The van der Waals surface area contributed by atoms with Gasteiger partial charge in [-0.25, -0.2) is 19.4 Å². The number of carbonyl (C=O) groups is 1. The summed E-state index contributed by atoms with van der Waals surface area (Å²) in [6, 6.07) is 12.7. The number of hydrogen-bond donors (Lipinski definition) is 2. The Kier molecular flexibility index (Phi) is 4.09. The first-order valence-corrected chi connectivity index (χ1v) is 10.1. The Balaban J connectivity index is 1.80. The number of nitrogens with zero attached hydrogens (tertiary/aromatic N) is 5. The molecule has 6 rings (SSSR count). The fourth-order valence-corrected chi connectivity index (χ4v) is 3.97. The van der Waals surface area contributed by atoms with Crippen molar-refractivity contribution in [2.45, 2.75) is 6.92 Å². The summed E-state index contributed by atoms with van der Waals surface area (Å²) in [4.78, 5) is 29.8. The Hall–Kier alpha value is -4.80. The van der Waals surface area contributed by atoms with Crippen LogP contribution in [0.25, 0.3) is 50.3 Å². The molecule has 0 saturated heterocycles. The van der Waals surface area contributed by atoms with Crippen LogP contribution in [0.15, 0.2) is 57.9 Å². The molecule has 5 heterocycles. The van der Waals surface area contributed by atoms with Crippen LogP contribution in [0.5, 0.6) is 0 Å². The number of nitrogens with one attached hydrogen (secondary N) is 2. The maximum absolute atomic E-state index is 12.7. The molecular formula is C22H15N7O4. The van der Waals surface area contributed by atoms with Crippen LogP contribution in [0.4, 0.5) is 0 Å². The molecule has 0 aliphatic heterocycles. The van der Waals surface area contributed by atoms with Gasteiger partial charge in [-0.2, -0.15) is 5.10 Å². The van der Waals surface area contributed by atoms with Crippen molar-refractivity contribution in [2.75, 3.05) is 6.61 Å². The minimum absolute atomic E-state index is 0.0432. The van der Waals surface area contributed by atoms with Crippen LogP contribution in [-0.2, 0) is 4.74 Å². The lowest BCUT2D eigenvalue weighted by Gasteiger charge is -2.10. The standard InChI is InChI=1S/C22H15N7O4/c1-2-32-22(31)16-17(11-7-4-3-5-8-11)29-20(26-24-16)14-13(12-9-6-10-33-12)15-18(23-19(14)28-29)25-27-21(15)30/h3-10H,2H2,1H3,(H,27,30)(H,23,25,28). The second-order valence-electron chi connectivity index (χ2n) is 7.19. The number of pyridine rings is 1. The Morgan fingerprint density at radius 1 is 1.12 bits per heavy atom. The highest BCUT2D eigenvalue weighted by molar-refractivity contribution is 6.12. The number of hydrogen-bond acceptors (Lipinski definition) is 8. The second kappa shape index (κ2) is 7.12. The van der Waals surface area contributed by atoms with E-state index in [2.05, 4.69) is 30.5 Å². The van der Waals surface area contributed by atoms with Gasteiger partial charge < -0.3 is 9.15 Å². The first-order valence-electron chi connectivity index (χ1n) is 10.1. The highest BCUT2D eigenvalue weighted by Gasteiger charge is 2.26. The molecule has 0 radical (unpaired) electrons.